The van der Waals surface area contributed by atoms with E-state index in [1.165, 1.54) is 6.07 Å². The zero-order valence-electron chi connectivity index (χ0n) is 10.5. The first kappa shape index (κ1) is 14.8. The molecule has 1 saturated heterocycles. The van der Waals surface area contributed by atoms with E-state index in [4.69, 9.17) is 4.84 Å². The quantitative estimate of drug-likeness (QED) is 0.784. The van der Waals surface area contributed by atoms with Gasteiger partial charge in [0.15, 0.2) is 0 Å². The normalized spacial score (nSPS) is 21.6. The molecule has 1 aromatic rings. The Labute approximate surface area is 118 Å². The van der Waals surface area contributed by atoms with Gasteiger partial charge in [-0.15, -0.1) is 0 Å². The molecule has 0 saturated carbocycles. The summed E-state index contributed by atoms with van der Waals surface area (Å²) in [5, 5.41) is 1.76. The van der Waals surface area contributed by atoms with Gasteiger partial charge < -0.3 is 4.84 Å². The molecule has 0 bridgehead atoms. The fourth-order valence-corrected chi connectivity index (χ4v) is 2.94. The van der Waals surface area contributed by atoms with Gasteiger partial charge in [0, 0.05) is 11.0 Å². The Balaban J connectivity index is 2.35. The summed E-state index contributed by atoms with van der Waals surface area (Å²) in [6.07, 6.45) is -1.52. The van der Waals surface area contributed by atoms with Gasteiger partial charge in [-0.25, -0.2) is 0 Å². The Hall–Kier alpha value is -0.590. The number of rotatable bonds is 2. The van der Waals surface area contributed by atoms with E-state index in [-0.39, 0.29) is 6.04 Å². The highest BCUT2D eigenvalue weighted by Gasteiger charge is 2.33. The van der Waals surface area contributed by atoms with Crippen molar-refractivity contribution in [3.63, 3.8) is 0 Å². The van der Waals surface area contributed by atoms with Crippen LogP contribution in [0.25, 0.3) is 0 Å². The molecule has 0 spiro atoms. The van der Waals surface area contributed by atoms with Crippen LogP contribution in [0.1, 0.15) is 36.4 Å². The second kappa shape index (κ2) is 5.81. The Morgan fingerprint density at radius 2 is 2.00 bits per heavy atom. The van der Waals surface area contributed by atoms with Gasteiger partial charge in [0.1, 0.15) is 0 Å². The van der Waals surface area contributed by atoms with Crippen LogP contribution in [-0.2, 0) is 11.0 Å². The van der Waals surface area contributed by atoms with E-state index in [9.17, 15) is 13.2 Å². The number of halogens is 4. The molecule has 1 aliphatic rings. The maximum Gasteiger partial charge on any atom is 0.416 e. The van der Waals surface area contributed by atoms with Crippen LogP contribution in [0.15, 0.2) is 22.7 Å². The summed E-state index contributed by atoms with van der Waals surface area (Å²) < 4.78 is 38.9. The van der Waals surface area contributed by atoms with Gasteiger partial charge in [-0.2, -0.15) is 18.2 Å². The lowest BCUT2D eigenvalue weighted by Crippen LogP contribution is -2.32. The Bertz CT molecular complexity index is 450. The zero-order valence-corrected chi connectivity index (χ0v) is 12.1. The largest absolute Gasteiger partial charge is 0.416 e. The van der Waals surface area contributed by atoms with E-state index < -0.39 is 11.7 Å². The van der Waals surface area contributed by atoms with Gasteiger partial charge in [-0.3, -0.25) is 0 Å². The minimum absolute atomic E-state index is 0.114. The molecule has 1 atom stereocenters. The second-order valence-electron chi connectivity index (χ2n) is 4.61. The van der Waals surface area contributed by atoms with Crippen molar-refractivity contribution in [2.45, 2.75) is 31.5 Å². The summed E-state index contributed by atoms with van der Waals surface area (Å²) in [5.74, 6) is 0. The van der Waals surface area contributed by atoms with E-state index >= 15 is 0 Å². The van der Waals surface area contributed by atoms with E-state index in [0.717, 1.165) is 31.9 Å². The molecular weight excluding hydrogens is 323 g/mol. The average Bonchev–Trinajstić information content (AvgIpc) is 2.37. The molecule has 6 heteroatoms. The number of piperidine rings is 1. The molecule has 1 unspecified atom stereocenters. The van der Waals surface area contributed by atoms with Gasteiger partial charge in [0.2, 0.25) is 0 Å². The lowest BCUT2D eigenvalue weighted by molar-refractivity contribution is -0.176. The molecule has 19 heavy (non-hydrogen) atoms. The second-order valence-corrected chi connectivity index (χ2v) is 5.52. The Morgan fingerprint density at radius 3 is 2.63 bits per heavy atom. The van der Waals surface area contributed by atoms with E-state index in [0.29, 0.717) is 10.0 Å². The molecule has 2 rings (SSSR count). The Kier molecular flexibility index (Phi) is 4.53. The molecule has 106 valence electrons. The van der Waals surface area contributed by atoms with Crippen LogP contribution in [0.2, 0.25) is 0 Å². The third-order valence-electron chi connectivity index (χ3n) is 3.32. The molecule has 0 N–H and O–H groups in total. The molecule has 2 nitrogen and oxygen atoms in total. The maximum atomic E-state index is 12.8. The van der Waals surface area contributed by atoms with Crippen molar-refractivity contribution in [2.75, 3.05) is 13.7 Å². The van der Waals surface area contributed by atoms with Crippen LogP contribution in [0.5, 0.6) is 0 Å². The third-order valence-corrected chi connectivity index (χ3v) is 3.78. The fourth-order valence-electron chi connectivity index (χ4n) is 2.42. The number of alkyl halides is 3. The van der Waals surface area contributed by atoms with Crippen molar-refractivity contribution in [2.24, 2.45) is 0 Å². The number of hydroxylamine groups is 2. The number of hydrogen-bond acceptors (Lipinski definition) is 2. The molecule has 1 fully saturated rings. The van der Waals surface area contributed by atoms with E-state index in [2.05, 4.69) is 15.9 Å². The fraction of sp³-hybridized carbons (Fsp3) is 0.538. The topological polar surface area (TPSA) is 12.5 Å². The highest BCUT2D eigenvalue weighted by atomic mass is 79.9. The Morgan fingerprint density at radius 1 is 1.26 bits per heavy atom. The van der Waals surface area contributed by atoms with Crippen molar-refractivity contribution in [3.8, 4) is 0 Å². The minimum atomic E-state index is -4.33. The smallest absolute Gasteiger partial charge is 0.302 e. The van der Waals surface area contributed by atoms with Crippen LogP contribution in [0.4, 0.5) is 13.2 Å². The van der Waals surface area contributed by atoms with Crippen LogP contribution in [0, 0.1) is 0 Å². The standard InChI is InChI=1S/C13H15BrF3NO/c1-19-18-5-3-2-4-12(18)9-6-10(13(15,16)17)8-11(14)7-9/h6-8,12H,2-5H2,1H3. The SMILES string of the molecule is CON1CCCCC1c1cc(Br)cc(C(F)(F)F)c1. The molecule has 1 aliphatic heterocycles. The van der Waals surface area contributed by atoms with Gasteiger partial charge in [-0.1, -0.05) is 22.4 Å². The van der Waals surface area contributed by atoms with Crippen LogP contribution >= 0.6 is 15.9 Å². The predicted molar refractivity (Wildman–Crippen MR) is 69.5 cm³/mol. The van der Waals surface area contributed by atoms with Crippen molar-refractivity contribution in [3.05, 3.63) is 33.8 Å². The van der Waals surface area contributed by atoms with Crippen LogP contribution in [-0.4, -0.2) is 18.7 Å². The lowest BCUT2D eigenvalue weighted by atomic mass is 9.95. The third kappa shape index (κ3) is 3.49. The van der Waals surface area contributed by atoms with Crippen molar-refractivity contribution in [1.29, 1.82) is 0 Å². The van der Waals surface area contributed by atoms with Gasteiger partial charge in [0.25, 0.3) is 0 Å². The highest BCUT2D eigenvalue weighted by molar-refractivity contribution is 9.10. The summed E-state index contributed by atoms with van der Waals surface area (Å²) in [5.41, 5.74) is 0.0155. The first-order valence-corrected chi connectivity index (χ1v) is 6.89. The van der Waals surface area contributed by atoms with Crippen molar-refractivity contribution in [1.82, 2.24) is 5.06 Å². The van der Waals surface area contributed by atoms with Crippen LogP contribution < -0.4 is 0 Å². The molecule has 0 aromatic heterocycles. The molecular formula is C13H15BrF3NO. The molecule has 1 aromatic carbocycles. The van der Waals surface area contributed by atoms with E-state index in [1.54, 1.807) is 18.2 Å². The first-order valence-electron chi connectivity index (χ1n) is 6.10. The predicted octanol–water partition coefficient (Wildman–Crippen LogP) is 4.56. The summed E-state index contributed by atoms with van der Waals surface area (Å²) in [6, 6.07) is 3.94. The average molecular weight is 338 g/mol. The first-order chi connectivity index (χ1) is 8.91. The molecule has 0 radical (unpaired) electrons. The molecule has 1 heterocycles. The minimum Gasteiger partial charge on any atom is -0.302 e. The van der Waals surface area contributed by atoms with Gasteiger partial charge in [-0.05, 0) is 36.6 Å². The van der Waals surface area contributed by atoms with Crippen LogP contribution in [0.3, 0.4) is 0 Å². The molecule has 0 aliphatic carbocycles. The number of hydrogen-bond donors (Lipinski definition) is 0. The monoisotopic (exact) mass is 337 g/mol. The zero-order chi connectivity index (χ0) is 14.0. The summed E-state index contributed by atoms with van der Waals surface area (Å²) >= 11 is 3.15. The summed E-state index contributed by atoms with van der Waals surface area (Å²) in [4.78, 5) is 5.26. The molecule has 0 amide bonds. The van der Waals surface area contributed by atoms with Crippen molar-refractivity contribution < 1.29 is 18.0 Å². The highest BCUT2D eigenvalue weighted by Crippen LogP contribution is 2.37. The van der Waals surface area contributed by atoms with Crippen molar-refractivity contribution >= 4 is 15.9 Å². The number of benzene rings is 1. The number of nitrogens with zero attached hydrogens (tertiary/aromatic N) is 1. The summed E-state index contributed by atoms with van der Waals surface area (Å²) in [6.45, 7) is 0.745. The maximum absolute atomic E-state index is 12.8. The lowest BCUT2D eigenvalue weighted by Gasteiger charge is -2.34. The van der Waals surface area contributed by atoms with Gasteiger partial charge in [0.05, 0.1) is 18.7 Å². The van der Waals surface area contributed by atoms with Gasteiger partial charge >= 0.3 is 6.18 Å². The summed E-state index contributed by atoms with van der Waals surface area (Å²) in [7, 11) is 1.56. The van der Waals surface area contributed by atoms with E-state index in [1.807, 2.05) is 0 Å².